The number of fused-ring (bicyclic) bond motifs is 2. The molecule has 0 saturated carbocycles. The molecule has 10 nitrogen and oxygen atoms in total. The number of halogens is 1. The molecule has 228 valence electrons. The molecule has 0 bridgehead atoms. The number of anilines is 1. The summed E-state index contributed by atoms with van der Waals surface area (Å²) in [6, 6.07) is 25.0. The van der Waals surface area contributed by atoms with Gasteiger partial charge in [0.1, 0.15) is 23.7 Å². The number of aromatic nitrogens is 6. The van der Waals surface area contributed by atoms with E-state index in [2.05, 4.69) is 25.5 Å². The molecule has 0 aliphatic heterocycles. The predicted octanol–water partition coefficient (Wildman–Crippen LogP) is 6.56. The number of benzene rings is 3. The third-order valence-electron chi connectivity index (χ3n) is 7.46. The number of carbonyl (C=O) groups excluding carboxylic acids is 1. The third kappa shape index (κ3) is 5.91. The number of para-hydroxylation sites is 1. The molecule has 0 saturated heterocycles. The van der Waals surface area contributed by atoms with Crippen LogP contribution in [0.2, 0.25) is 0 Å². The van der Waals surface area contributed by atoms with Crippen molar-refractivity contribution in [3.8, 4) is 39.7 Å². The Labute approximate surface area is 263 Å². The minimum atomic E-state index is -0.390. The highest BCUT2D eigenvalue weighted by atomic mass is 19.1. The lowest BCUT2D eigenvalue weighted by molar-refractivity contribution is 0.102. The Morgan fingerprint density at radius 3 is 2.61 bits per heavy atom. The van der Waals surface area contributed by atoms with Crippen molar-refractivity contribution in [2.45, 2.75) is 0 Å². The summed E-state index contributed by atoms with van der Waals surface area (Å²) < 4.78 is 20.5. The Hall–Kier alpha value is -5.94. The highest BCUT2D eigenvalue weighted by molar-refractivity contribution is 6.04. The predicted molar refractivity (Wildman–Crippen MR) is 176 cm³/mol. The molecule has 3 aromatic carbocycles. The Balaban J connectivity index is 1.21. The summed E-state index contributed by atoms with van der Waals surface area (Å²) in [6.07, 6.45) is 3.28. The van der Waals surface area contributed by atoms with Crippen LogP contribution in [-0.4, -0.2) is 68.2 Å². The van der Waals surface area contributed by atoms with Crippen LogP contribution in [0.25, 0.3) is 56.0 Å². The van der Waals surface area contributed by atoms with Crippen molar-refractivity contribution in [1.29, 1.82) is 0 Å². The Bertz CT molecular complexity index is 2190. The number of H-pyrrole nitrogens is 2. The number of amides is 1. The monoisotopic (exact) mass is 612 g/mol. The average molecular weight is 613 g/mol. The van der Waals surface area contributed by atoms with E-state index >= 15 is 0 Å². The second-order valence-electron chi connectivity index (χ2n) is 11.1. The Morgan fingerprint density at radius 2 is 1.76 bits per heavy atom. The zero-order valence-corrected chi connectivity index (χ0v) is 25.1. The maximum Gasteiger partial charge on any atom is 0.255 e. The van der Waals surface area contributed by atoms with Crippen molar-refractivity contribution < 1.29 is 13.9 Å². The summed E-state index contributed by atoms with van der Waals surface area (Å²) >= 11 is 0. The molecule has 11 heteroatoms. The molecule has 46 heavy (non-hydrogen) atoms. The van der Waals surface area contributed by atoms with Gasteiger partial charge < -0.3 is 19.9 Å². The van der Waals surface area contributed by atoms with Gasteiger partial charge in [0.15, 0.2) is 11.5 Å². The first kappa shape index (κ1) is 28.8. The average Bonchev–Trinajstić information content (AvgIpc) is 3.69. The number of imidazole rings is 1. The van der Waals surface area contributed by atoms with Crippen molar-refractivity contribution in [2.24, 2.45) is 0 Å². The van der Waals surface area contributed by atoms with E-state index in [1.165, 1.54) is 12.1 Å². The molecule has 7 rings (SSSR count). The van der Waals surface area contributed by atoms with Crippen LogP contribution in [0.4, 0.5) is 10.1 Å². The molecule has 4 aromatic heterocycles. The summed E-state index contributed by atoms with van der Waals surface area (Å²) in [5, 5.41) is 10.5. The van der Waals surface area contributed by atoms with Gasteiger partial charge in [-0.2, -0.15) is 5.10 Å². The molecule has 1 amide bonds. The van der Waals surface area contributed by atoms with Gasteiger partial charge in [-0.1, -0.05) is 30.3 Å². The van der Waals surface area contributed by atoms with E-state index in [0.717, 1.165) is 22.2 Å². The van der Waals surface area contributed by atoms with Gasteiger partial charge in [0.05, 0.1) is 34.1 Å². The van der Waals surface area contributed by atoms with E-state index in [9.17, 15) is 9.18 Å². The van der Waals surface area contributed by atoms with E-state index in [1.807, 2.05) is 79.7 Å². The SMILES string of the molecule is CN(C)CCOc1cc(F)cc(-c2cccc3[nH]c(-c4n[nH]c5ccc(-c6cncc(NC(=O)c7ccccc7)c6)nc45)nc23)c1. The molecule has 4 heterocycles. The first-order chi connectivity index (χ1) is 22.4. The van der Waals surface area contributed by atoms with Crippen LogP contribution in [0.1, 0.15) is 10.4 Å². The van der Waals surface area contributed by atoms with Gasteiger partial charge in [-0.05, 0) is 68.2 Å². The number of hydrogen-bond donors (Lipinski definition) is 3. The van der Waals surface area contributed by atoms with Crippen LogP contribution in [0.15, 0.2) is 97.3 Å². The van der Waals surface area contributed by atoms with Crippen molar-refractivity contribution in [3.63, 3.8) is 0 Å². The first-order valence-electron chi connectivity index (χ1n) is 14.7. The number of aromatic amines is 2. The van der Waals surface area contributed by atoms with Crippen LogP contribution in [0.3, 0.4) is 0 Å². The second-order valence-corrected chi connectivity index (χ2v) is 11.1. The largest absolute Gasteiger partial charge is 0.492 e. The first-order valence-corrected chi connectivity index (χ1v) is 14.7. The lowest BCUT2D eigenvalue weighted by atomic mass is 10.0. The van der Waals surface area contributed by atoms with Gasteiger partial charge >= 0.3 is 0 Å². The molecule has 0 atom stereocenters. The molecule has 3 N–H and O–H groups in total. The molecule has 0 aliphatic carbocycles. The number of rotatable bonds is 9. The fourth-order valence-corrected chi connectivity index (χ4v) is 5.19. The van der Waals surface area contributed by atoms with Gasteiger partial charge in [0.2, 0.25) is 0 Å². The standard InChI is InChI=1S/C35H29FN8O2/c1-44(2)13-14-46-26-17-22(15-24(36)18-26)27-9-6-10-29-31(27)41-34(40-29)33-32-30(42-43-33)12-11-28(39-32)23-16-25(20-37-19-23)38-35(45)21-7-4-3-5-8-21/h3-12,15-20H,13-14H2,1-2H3,(H,38,45)(H,40,41)(H,42,43). The van der Waals surface area contributed by atoms with Crippen LogP contribution < -0.4 is 10.1 Å². The summed E-state index contributed by atoms with van der Waals surface area (Å²) in [5.41, 5.74) is 7.19. The lowest BCUT2D eigenvalue weighted by Gasteiger charge is -2.12. The van der Waals surface area contributed by atoms with Crippen molar-refractivity contribution in [2.75, 3.05) is 32.6 Å². The van der Waals surface area contributed by atoms with E-state index in [1.54, 1.807) is 24.5 Å². The fourth-order valence-electron chi connectivity index (χ4n) is 5.19. The molecule has 0 aliphatic rings. The summed E-state index contributed by atoms with van der Waals surface area (Å²) in [5.74, 6) is 0.353. The van der Waals surface area contributed by atoms with Crippen molar-refractivity contribution >= 4 is 33.7 Å². The maximum atomic E-state index is 14.7. The highest BCUT2D eigenvalue weighted by Crippen LogP contribution is 2.34. The van der Waals surface area contributed by atoms with Crippen LogP contribution in [-0.2, 0) is 0 Å². The van der Waals surface area contributed by atoms with Crippen LogP contribution >= 0.6 is 0 Å². The number of nitrogens with zero attached hydrogens (tertiary/aromatic N) is 5. The van der Waals surface area contributed by atoms with Crippen LogP contribution in [0, 0.1) is 5.82 Å². The van der Waals surface area contributed by atoms with E-state index in [-0.39, 0.29) is 5.91 Å². The normalized spacial score (nSPS) is 11.4. The summed E-state index contributed by atoms with van der Waals surface area (Å²) in [4.78, 5) is 32.2. The topological polar surface area (TPSA) is 125 Å². The quantitative estimate of drug-likeness (QED) is 0.169. The number of hydrogen-bond acceptors (Lipinski definition) is 7. The smallest absolute Gasteiger partial charge is 0.255 e. The number of carbonyl (C=O) groups is 1. The van der Waals surface area contributed by atoms with E-state index in [4.69, 9.17) is 14.7 Å². The van der Waals surface area contributed by atoms with E-state index in [0.29, 0.717) is 64.0 Å². The Morgan fingerprint density at radius 1 is 0.891 bits per heavy atom. The zero-order chi connectivity index (χ0) is 31.6. The summed E-state index contributed by atoms with van der Waals surface area (Å²) in [6.45, 7) is 1.15. The fraction of sp³-hybridized carbons (Fsp3) is 0.114. The molecular formula is C35H29FN8O2. The molecule has 0 radical (unpaired) electrons. The highest BCUT2D eigenvalue weighted by Gasteiger charge is 2.18. The van der Waals surface area contributed by atoms with Gasteiger partial charge in [0.25, 0.3) is 5.91 Å². The Kier molecular flexibility index (Phi) is 7.65. The van der Waals surface area contributed by atoms with Gasteiger partial charge in [-0.15, -0.1) is 0 Å². The van der Waals surface area contributed by atoms with Crippen molar-refractivity contribution in [3.05, 3.63) is 109 Å². The molecule has 0 unspecified atom stereocenters. The number of pyridine rings is 2. The third-order valence-corrected chi connectivity index (χ3v) is 7.46. The zero-order valence-electron chi connectivity index (χ0n) is 25.1. The van der Waals surface area contributed by atoms with E-state index < -0.39 is 5.82 Å². The maximum absolute atomic E-state index is 14.7. The lowest BCUT2D eigenvalue weighted by Crippen LogP contribution is -2.19. The number of nitrogens with one attached hydrogen (secondary N) is 3. The molecular weight excluding hydrogens is 583 g/mol. The van der Waals surface area contributed by atoms with Gasteiger partial charge in [0, 0.05) is 35.5 Å². The van der Waals surface area contributed by atoms with Crippen molar-refractivity contribution in [1.82, 2.24) is 35.0 Å². The summed E-state index contributed by atoms with van der Waals surface area (Å²) in [7, 11) is 3.91. The number of ether oxygens (including phenoxy) is 1. The second kappa shape index (κ2) is 12.2. The van der Waals surface area contributed by atoms with Gasteiger partial charge in [-0.3, -0.25) is 14.9 Å². The molecule has 0 fully saturated rings. The van der Waals surface area contributed by atoms with Gasteiger partial charge in [-0.25, -0.2) is 14.4 Å². The minimum Gasteiger partial charge on any atom is -0.492 e. The molecule has 0 spiro atoms. The minimum absolute atomic E-state index is 0.226. The molecule has 7 aromatic rings. The van der Waals surface area contributed by atoms with Crippen LogP contribution in [0.5, 0.6) is 5.75 Å². The number of likely N-dealkylation sites (N-methyl/N-ethyl adjacent to an activating group) is 1.